The highest BCUT2D eigenvalue weighted by atomic mass is 127. The van der Waals surface area contributed by atoms with Crippen molar-refractivity contribution in [1.82, 2.24) is 10.3 Å². The number of benzene rings is 2. The number of rotatable bonds is 9. The number of hydrogen-bond acceptors (Lipinski definition) is 5. The van der Waals surface area contributed by atoms with Gasteiger partial charge in [-0.05, 0) is 29.8 Å². The highest BCUT2D eigenvalue weighted by Crippen LogP contribution is 2.22. The van der Waals surface area contributed by atoms with Gasteiger partial charge in [0.15, 0.2) is 5.96 Å². The highest BCUT2D eigenvalue weighted by molar-refractivity contribution is 14.0. The molecule has 2 aromatic carbocycles. The number of fused-ring (bicyclic) bond motifs is 1. The van der Waals surface area contributed by atoms with E-state index in [2.05, 4.69) is 27.8 Å². The van der Waals surface area contributed by atoms with Gasteiger partial charge in [-0.15, -0.1) is 24.0 Å². The van der Waals surface area contributed by atoms with Crippen molar-refractivity contribution in [3.63, 3.8) is 0 Å². The number of aliphatic imine (C=N–C) groups is 1. The quantitative estimate of drug-likeness (QED) is 0.177. The first kappa shape index (κ1) is 25.7. The first-order valence-electron chi connectivity index (χ1n) is 10.4. The predicted octanol–water partition coefficient (Wildman–Crippen LogP) is 4.52. The minimum atomic E-state index is 0. The molecule has 2 N–H and O–H groups in total. The van der Waals surface area contributed by atoms with E-state index in [0.717, 1.165) is 40.1 Å². The number of nitrogens with one attached hydrogen (secondary N) is 2. The lowest BCUT2D eigenvalue weighted by atomic mass is 10.1. The van der Waals surface area contributed by atoms with Crippen LogP contribution in [0.5, 0.6) is 5.75 Å². The Balaban J connectivity index is 0.00000363. The molecule has 0 radical (unpaired) electrons. The third kappa shape index (κ3) is 7.23. The number of hydrogen-bond donors (Lipinski definition) is 2. The van der Waals surface area contributed by atoms with Crippen LogP contribution in [0.1, 0.15) is 12.0 Å². The maximum absolute atomic E-state index is 5.79. The van der Waals surface area contributed by atoms with E-state index in [1.54, 1.807) is 14.2 Å². The first-order valence-corrected chi connectivity index (χ1v) is 10.4. The summed E-state index contributed by atoms with van der Waals surface area (Å²) in [6.45, 7) is 1.93. The second kappa shape index (κ2) is 13.1. The summed E-state index contributed by atoms with van der Waals surface area (Å²) in [5, 5.41) is 7.87. The van der Waals surface area contributed by atoms with E-state index in [9.17, 15) is 0 Å². The van der Waals surface area contributed by atoms with Crippen LogP contribution in [0, 0.1) is 0 Å². The van der Waals surface area contributed by atoms with E-state index < -0.39 is 0 Å². The van der Waals surface area contributed by atoms with E-state index in [-0.39, 0.29) is 24.0 Å². The Bertz CT molecular complexity index is 1030. The molecule has 8 heteroatoms. The number of guanidine groups is 1. The van der Waals surface area contributed by atoms with Gasteiger partial charge >= 0.3 is 0 Å². The van der Waals surface area contributed by atoms with E-state index in [1.807, 2.05) is 61.5 Å². The largest absolute Gasteiger partial charge is 0.493 e. The SMILES string of the molecule is CN=C(NCc1cc(N(C)C)nc2ccccc12)Nc1cccc(OCCCOC)c1.I. The Morgan fingerprint density at radius 1 is 1.06 bits per heavy atom. The molecule has 0 amide bonds. The number of methoxy groups -OCH3 is 1. The lowest BCUT2D eigenvalue weighted by Gasteiger charge is -2.17. The molecule has 0 aliphatic rings. The maximum Gasteiger partial charge on any atom is 0.195 e. The molecular weight excluding hydrogens is 517 g/mol. The average Bonchev–Trinajstić information content (AvgIpc) is 2.79. The topological polar surface area (TPSA) is 71.0 Å². The van der Waals surface area contributed by atoms with Gasteiger partial charge in [-0.25, -0.2) is 4.98 Å². The van der Waals surface area contributed by atoms with Crippen LogP contribution >= 0.6 is 24.0 Å². The monoisotopic (exact) mass is 549 g/mol. The third-order valence-corrected chi connectivity index (χ3v) is 4.77. The molecule has 0 bridgehead atoms. The van der Waals surface area contributed by atoms with Crippen LogP contribution in [0.4, 0.5) is 11.5 Å². The number of para-hydroxylation sites is 1. The minimum Gasteiger partial charge on any atom is -0.493 e. The number of ether oxygens (including phenoxy) is 2. The minimum absolute atomic E-state index is 0. The standard InChI is InChI=1S/C24H31N5O2.HI/c1-25-24(27-19-9-7-10-20(16-19)31-14-8-13-30-4)26-17-18-15-23(29(2)3)28-22-12-6-5-11-21(18)22;/h5-7,9-12,15-16H,8,13-14,17H2,1-4H3,(H2,25,26,27);1H. The van der Waals surface area contributed by atoms with Crippen molar-refractivity contribution in [3.05, 3.63) is 60.2 Å². The van der Waals surface area contributed by atoms with Crippen molar-refractivity contribution in [2.75, 3.05) is 51.7 Å². The maximum atomic E-state index is 5.79. The van der Waals surface area contributed by atoms with E-state index in [1.165, 1.54) is 0 Å². The zero-order chi connectivity index (χ0) is 22.1. The molecule has 3 aromatic rings. The Morgan fingerprint density at radius 2 is 1.88 bits per heavy atom. The number of aromatic nitrogens is 1. The second-order valence-electron chi connectivity index (χ2n) is 7.32. The first-order chi connectivity index (χ1) is 15.1. The van der Waals surface area contributed by atoms with Gasteiger partial charge in [0.25, 0.3) is 0 Å². The van der Waals surface area contributed by atoms with Crippen LogP contribution in [0.25, 0.3) is 10.9 Å². The van der Waals surface area contributed by atoms with E-state index in [4.69, 9.17) is 14.5 Å². The average molecular weight is 549 g/mol. The molecule has 0 aliphatic heterocycles. The van der Waals surface area contributed by atoms with Crippen molar-refractivity contribution >= 4 is 52.3 Å². The summed E-state index contributed by atoms with van der Waals surface area (Å²) in [6, 6.07) is 18.1. The van der Waals surface area contributed by atoms with Gasteiger partial charge in [-0.3, -0.25) is 4.99 Å². The number of halogens is 1. The zero-order valence-corrected chi connectivity index (χ0v) is 21.4. The molecule has 0 aliphatic carbocycles. The molecule has 172 valence electrons. The van der Waals surface area contributed by atoms with Crippen molar-refractivity contribution in [2.24, 2.45) is 4.99 Å². The van der Waals surface area contributed by atoms with E-state index >= 15 is 0 Å². The normalized spacial score (nSPS) is 11.1. The van der Waals surface area contributed by atoms with Crippen LogP contribution in [0.3, 0.4) is 0 Å². The molecule has 0 fully saturated rings. The summed E-state index contributed by atoms with van der Waals surface area (Å²) in [5.41, 5.74) is 3.05. The van der Waals surface area contributed by atoms with Gasteiger partial charge in [0.1, 0.15) is 11.6 Å². The number of anilines is 2. The Morgan fingerprint density at radius 3 is 2.62 bits per heavy atom. The fourth-order valence-electron chi connectivity index (χ4n) is 3.16. The molecule has 1 aromatic heterocycles. The number of nitrogens with zero attached hydrogens (tertiary/aromatic N) is 3. The molecule has 7 nitrogen and oxygen atoms in total. The molecule has 0 spiro atoms. The highest BCUT2D eigenvalue weighted by Gasteiger charge is 2.08. The molecular formula is C24H32IN5O2. The van der Waals surface area contributed by atoms with Gasteiger partial charge in [0, 0.05) is 65.0 Å². The van der Waals surface area contributed by atoms with Gasteiger partial charge in [-0.2, -0.15) is 0 Å². The van der Waals surface area contributed by atoms with Crippen LogP contribution in [0.15, 0.2) is 59.6 Å². The fourth-order valence-corrected chi connectivity index (χ4v) is 3.16. The van der Waals surface area contributed by atoms with E-state index in [0.29, 0.717) is 25.7 Å². The molecule has 1 heterocycles. The third-order valence-electron chi connectivity index (χ3n) is 4.77. The van der Waals surface area contributed by atoms with Crippen molar-refractivity contribution in [3.8, 4) is 5.75 Å². The molecule has 0 atom stereocenters. The van der Waals surface area contributed by atoms with Gasteiger partial charge in [0.2, 0.25) is 0 Å². The Labute approximate surface area is 207 Å². The van der Waals surface area contributed by atoms with Gasteiger partial charge < -0.3 is 25.0 Å². The summed E-state index contributed by atoms with van der Waals surface area (Å²) < 4.78 is 10.8. The second-order valence-corrected chi connectivity index (χ2v) is 7.32. The predicted molar refractivity (Wildman–Crippen MR) is 144 cm³/mol. The Hall–Kier alpha value is -2.59. The lowest BCUT2D eigenvalue weighted by Crippen LogP contribution is -2.30. The van der Waals surface area contributed by atoms with Crippen molar-refractivity contribution in [2.45, 2.75) is 13.0 Å². The molecule has 32 heavy (non-hydrogen) atoms. The fraction of sp³-hybridized carbons (Fsp3) is 0.333. The summed E-state index contributed by atoms with van der Waals surface area (Å²) in [5.74, 6) is 2.42. The van der Waals surface area contributed by atoms with Crippen LogP contribution in [0.2, 0.25) is 0 Å². The van der Waals surface area contributed by atoms with Crippen LogP contribution in [-0.4, -0.2) is 52.4 Å². The van der Waals surface area contributed by atoms with Crippen LogP contribution < -0.4 is 20.3 Å². The summed E-state index contributed by atoms with van der Waals surface area (Å²) in [4.78, 5) is 11.1. The lowest BCUT2D eigenvalue weighted by molar-refractivity contribution is 0.172. The smallest absolute Gasteiger partial charge is 0.195 e. The van der Waals surface area contributed by atoms with Gasteiger partial charge in [0.05, 0.1) is 12.1 Å². The summed E-state index contributed by atoms with van der Waals surface area (Å²) >= 11 is 0. The van der Waals surface area contributed by atoms with Crippen LogP contribution in [-0.2, 0) is 11.3 Å². The summed E-state index contributed by atoms with van der Waals surface area (Å²) in [7, 11) is 7.45. The summed E-state index contributed by atoms with van der Waals surface area (Å²) in [6.07, 6.45) is 0.853. The van der Waals surface area contributed by atoms with Gasteiger partial charge in [-0.1, -0.05) is 24.3 Å². The molecule has 0 saturated heterocycles. The molecule has 0 saturated carbocycles. The van der Waals surface area contributed by atoms with Crippen molar-refractivity contribution < 1.29 is 9.47 Å². The zero-order valence-electron chi connectivity index (χ0n) is 19.1. The number of pyridine rings is 1. The molecule has 3 rings (SSSR count). The van der Waals surface area contributed by atoms with Crippen molar-refractivity contribution in [1.29, 1.82) is 0 Å². The Kier molecular flexibility index (Phi) is 10.5. The molecule has 0 unspecified atom stereocenters.